The van der Waals surface area contributed by atoms with Crippen molar-refractivity contribution in [3.8, 4) is 5.75 Å². The number of hydrogen-bond donors (Lipinski definition) is 1. The van der Waals surface area contributed by atoms with E-state index in [0.29, 0.717) is 16.6 Å². The van der Waals surface area contributed by atoms with Crippen molar-refractivity contribution in [2.75, 3.05) is 0 Å². The molecule has 6 nitrogen and oxygen atoms in total. The molecule has 0 aliphatic rings. The molecule has 0 bridgehead atoms. The van der Waals surface area contributed by atoms with Crippen molar-refractivity contribution in [2.24, 2.45) is 0 Å². The van der Waals surface area contributed by atoms with Crippen LogP contribution in [0.4, 0.5) is 0 Å². The van der Waals surface area contributed by atoms with Gasteiger partial charge in [-0.2, -0.15) is 0 Å². The third-order valence-corrected chi connectivity index (χ3v) is 3.83. The molecule has 0 fully saturated rings. The summed E-state index contributed by atoms with van der Waals surface area (Å²) in [6.45, 7) is 3.55. The number of amides is 1. The van der Waals surface area contributed by atoms with Crippen LogP contribution in [0.25, 0.3) is 5.65 Å². The molecule has 3 aromatic rings. The fourth-order valence-electron chi connectivity index (χ4n) is 2.32. The normalized spacial score (nSPS) is 13.5. The lowest BCUT2D eigenvalue weighted by Crippen LogP contribution is -2.38. The number of carbonyl (C=O) groups excluding carboxylic acids is 1. The van der Waals surface area contributed by atoms with Crippen LogP contribution in [0.3, 0.4) is 0 Å². The van der Waals surface area contributed by atoms with Gasteiger partial charge in [-0.25, -0.2) is 0 Å². The fraction of sp³-hybridized carbons (Fsp3) is 0.235. The first-order valence-electron chi connectivity index (χ1n) is 7.57. The minimum absolute atomic E-state index is 0.231. The SMILES string of the molecule is CC(Oc1ccc(Cl)cc1)C(=O)N[C@@H](C)c1nnc2ccccn12. The number of nitrogens with one attached hydrogen (secondary N) is 1. The average Bonchev–Trinajstić information content (AvgIpc) is 3.01. The fourth-order valence-corrected chi connectivity index (χ4v) is 2.45. The number of nitrogens with zero attached hydrogens (tertiary/aromatic N) is 3. The van der Waals surface area contributed by atoms with E-state index < -0.39 is 6.10 Å². The summed E-state index contributed by atoms with van der Waals surface area (Å²) in [6, 6.07) is 12.2. The van der Waals surface area contributed by atoms with Crippen LogP contribution in [0, 0.1) is 0 Å². The molecule has 2 aromatic heterocycles. The smallest absolute Gasteiger partial charge is 0.261 e. The Balaban J connectivity index is 1.66. The van der Waals surface area contributed by atoms with Gasteiger partial charge < -0.3 is 10.1 Å². The van der Waals surface area contributed by atoms with Crippen LogP contribution in [-0.2, 0) is 4.79 Å². The summed E-state index contributed by atoms with van der Waals surface area (Å²) in [6.07, 6.45) is 1.22. The lowest BCUT2D eigenvalue weighted by molar-refractivity contribution is -0.128. The number of halogens is 1. The van der Waals surface area contributed by atoms with E-state index in [-0.39, 0.29) is 11.9 Å². The minimum atomic E-state index is -0.646. The predicted molar refractivity (Wildman–Crippen MR) is 91.1 cm³/mol. The van der Waals surface area contributed by atoms with Crippen molar-refractivity contribution in [3.63, 3.8) is 0 Å². The maximum absolute atomic E-state index is 12.3. The molecule has 0 saturated carbocycles. The molecule has 0 aliphatic heterocycles. The van der Waals surface area contributed by atoms with Gasteiger partial charge in [0, 0.05) is 11.2 Å². The van der Waals surface area contributed by atoms with E-state index in [9.17, 15) is 4.79 Å². The average molecular weight is 345 g/mol. The van der Waals surface area contributed by atoms with Gasteiger partial charge in [0.1, 0.15) is 5.75 Å². The highest BCUT2D eigenvalue weighted by atomic mass is 35.5. The van der Waals surface area contributed by atoms with Crippen LogP contribution in [-0.4, -0.2) is 26.6 Å². The van der Waals surface area contributed by atoms with Gasteiger partial charge in [0.2, 0.25) is 0 Å². The molecule has 2 heterocycles. The van der Waals surface area contributed by atoms with E-state index in [1.165, 1.54) is 0 Å². The molecule has 7 heteroatoms. The molecule has 0 spiro atoms. The largest absolute Gasteiger partial charge is 0.481 e. The number of fused-ring (bicyclic) bond motifs is 1. The predicted octanol–water partition coefficient (Wildman–Crippen LogP) is 3.03. The van der Waals surface area contributed by atoms with Gasteiger partial charge in [-0.15, -0.1) is 10.2 Å². The summed E-state index contributed by atoms with van der Waals surface area (Å²) in [4.78, 5) is 12.3. The van der Waals surface area contributed by atoms with Gasteiger partial charge in [-0.3, -0.25) is 9.20 Å². The molecule has 3 rings (SSSR count). The zero-order valence-electron chi connectivity index (χ0n) is 13.3. The Labute approximate surface area is 144 Å². The van der Waals surface area contributed by atoms with E-state index in [2.05, 4.69) is 15.5 Å². The van der Waals surface area contributed by atoms with Gasteiger partial charge >= 0.3 is 0 Å². The molecule has 24 heavy (non-hydrogen) atoms. The number of benzene rings is 1. The van der Waals surface area contributed by atoms with Crippen LogP contribution < -0.4 is 10.1 Å². The summed E-state index contributed by atoms with van der Waals surface area (Å²) < 4.78 is 7.47. The maximum atomic E-state index is 12.3. The van der Waals surface area contributed by atoms with Gasteiger partial charge in [-0.05, 0) is 50.2 Å². The first-order chi connectivity index (χ1) is 11.5. The molecular weight excluding hydrogens is 328 g/mol. The zero-order valence-corrected chi connectivity index (χ0v) is 14.1. The first kappa shape index (κ1) is 16.3. The lowest BCUT2D eigenvalue weighted by atomic mass is 10.2. The van der Waals surface area contributed by atoms with Crippen LogP contribution in [0.5, 0.6) is 5.75 Å². The maximum Gasteiger partial charge on any atom is 0.261 e. The van der Waals surface area contributed by atoms with Gasteiger partial charge in [-0.1, -0.05) is 17.7 Å². The second kappa shape index (κ2) is 6.88. The number of hydrogen-bond acceptors (Lipinski definition) is 4. The lowest BCUT2D eigenvalue weighted by Gasteiger charge is -2.18. The summed E-state index contributed by atoms with van der Waals surface area (Å²) in [7, 11) is 0. The second-order valence-corrected chi connectivity index (χ2v) is 5.87. The molecule has 124 valence electrons. The van der Waals surface area contributed by atoms with Gasteiger partial charge in [0.25, 0.3) is 5.91 Å². The van der Waals surface area contributed by atoms with E-state index in [1.54, 1.807) is 31.2 Å². The number of pyridine rings is 1. The molecule has 0 saturated heterocycles. The first-order valence-corrected chi connectivity index (χ1v) is 7.94. The molecule has 0 radical (unpaired) electrons. The highest BCUT2D eigenvalue weighted by Crippen LogP contribution is 2.17. The molecule has 1 unspecified atom stereocenters. The highest BCUT2D eigenvalue weighted by molar-refractivity contribution is 6.30. The van der Waals surface area contributed by atoms with Crippen molar-refractivity contribution in [1.29, 1.82) is 0 Å². The Morgan fingerprint density at radius 1 is 1.17 bits per heavy atom. The minimum Gasteiger partial charge on any atom is -0.481 e. The number of rotatable bonds is 5. The van der Waals surface area contributed by atoms with Crippen LogP contribution in [0.1, 0.15) is 25.7 Å². The highest BCUT2D eigenvalue weighted by Gasteiger charge is 2.20. The Morgan fingerprint density at radius 3 is 2.67 bits per heavy atom. The van der Waals surface area contributed by atoms with Crippen molar-refractivity contribution in [3.05, 3.63) is 59.5 Å². The summed E-state index contributed by atoms with van der Waals surface area (Å²) in [5, 5.41) is 11.7. The van der Waals surface area contributed by atoms with E-state index in [1.807, 2.05) is 35.7 Å². The van der Waals surface area contributed by atoms with Crippen molar-refractivity contribution in [1.82, 2.24) is 19.9 Å². The van der Waals surface area contributed by atoms with Gasteiger partial charge in [0.15, 0.2) is 17.6 Å². The van der Waals surface area contributed by atoms with E-state index >= 15 is 0 Å². The number of ether oxygens (including phenoxy) is 1. The van der Waals surface area contributed by atoms with Gasteiger partial charge in [0.05, 0.1) is 6.04 Å². The third kappa shape index (κ3) is 3.49. The molecule has 0 aliphatic carbocycles. The molecular formula is C17H17ClN4O2. The van der Waals surface area contributed by atoms with Crippen LogP contribution >= 0.6 is 11.6 Å². The second-order valence-electron chi connectivity index (χ2n) is 5.43. The standard InChI is InChI=1S/C17H17ClN4O2/c1-11(16-21-20-15-5-3-4-10-22(15)16)19-17(23)12(2)24-14-8-6-13(18)7-9-14/h3-12H,1-2H3,(H,19,23)/t11-,12?/m0/s1. The van der Waals surface area contributed by atoms with Crippen molar-refractivity contribution >= 4 is 23.2 Å². The van der Waals surface area contributed by atoms with Crippen molar-refractivity contribution in [2.45, 2.75) is 26.0 Å². The zero-order chi connectivity index (χ0) is 17.1. The monoisotopic (exact) mass is 344 g/mol. The molecule has 1 aromatic carbocycles. The quantitative estimate of drug-likeness (QED) is 0.772. The van der Waals surface area contributed by atoms with Crippen LogP contribution in [0.15, 0.2) is 48.7 Å². The van der Waals surface area contributed by atoms with Crippen molar-refractivity contribution < 1.29 is 9.53 Å². The molecule has 2 atom stereocenters. The summed E-state index contributed by atoms with van der Waals surface area (Å²) in [5.41, 5.74) is 0.735. The topological polar surface area (TPSA) is 68.5 Å². The Hall–Kier alpha value is -2.60. The van der Waals surface area contributed by atoms with E-state index in [0.717, 1.165) is 5.65 Å². The van der Waals surface area contributed by atoms with Crippen LogP contribution in [0.2, 0.25) is 5.02 Å². The molecule has 1 amide bonds. The van der Waals surface area contributed by atoms with E-state index in [4.69, 9.17) is 16.3 Å². The third-order valence-electron chi connectivity index (χ3n) is 3.58. The Kier molecular flexibility index (Phi) is 4.66. The Bertz CT molecular complexity index is 847. The summed E-state index contributed by atoms with van der Waals surface area (Å²) in [5.74, 6) is 1.02. The number of aromatic nitrogens is 3. The Morgan fingerprint density at radius 2 is 1.92 bits per heavy atom. The number of carbonyl (C=O) groups is 1. The molecule has 1 N–H and O–H groups in total. The summed E-state index contributed by atoms with van der Waals surface area (Å²) >= 11 is 5.83.